The number of hydrogen-bond acceptors (Lipinski definition) is 3. The van der Waals surface area contributed by atoms with Crippen LogP contribution in [0.25, 0.3) is 0 Å². The summed E-state index contributed by atoms with van der Waals surface area (Å²) in [6.45, 7) is 5.23. The highest BCUT2D eigenvalue weighted by atomic mass is 32.2. The lowest BCUT2D eigenvalue weighted by atomic mass is 10.2. The monoisotopic (exact) mass is 346 g/mol. The first-order chi connectivity index (χ1) is 12.3. The Hall–Kier alpha value is -2.52. The minimum absolute atomic E-state index is 0.975. The Morgan fingerprint density at radius 3 is 2.56 bits per heavy atom. The van der Waals surface area contributed by atoms with Gasteiger partial charge in [0.05, 0.1) is 16.4 Å². The van der Waals surface area contributed by atoms with E-state index in [1.54, 1.807) is 0 Å². The van der Waals surface area contributed by atoms with Crippen molar-refractivity contribution < 1.29 is 0 Å². The second-order valence-electron chi connectivity index (χ2n) is 5.65. The summed E-state index contributed by atoms with van der Waals surface area (Å²) in [5, 5.41) is 1.27. The Kier molecular flexibility index (Phi) is 5.91. The third-order valence-electron chi connectivity index (χ3n) is 3.94. The van der Waals surface area contributed by atoms with Crippen LogP contribution in [0.3, 0.4) is 0 Å². The van der Waals surface area contributed by atoms with Crippen molar-refractivity contribution in [2.75, 3.05) is 11.4 Å². The molecule has 0 radical (unpaired) electrons. The lowest BCUT2D eigenvalue weighted by Gasteiger charge is -2.17. The van der Waals surface area contributed by atoms with Gasteiger partial charge >= 0.3 is 0 Å². The van der Waals surface area contributed by atoms with E-state index in [9.17, 15) is 0 Å². The quantitative estimate of drug-likeness (QED) is 0.467. The zero-order chi connectivity index (χ0) is 17.5. The molecule has 1 aliphatic rings. The van der Waals surface area contributed by atoms with E-state index < -0.39 is 0 Å². The van der Waals surface area contributed by atoms with Gasteiger partial charge in [0, 0.05) is 17.7 Å². The molecule has 0 atom stereocenters. The van der Waals surface area contributed by atoms with Crippen molar-refractivity contribution in [3.8, 4) is 0 Å². The summed E-state index contributed by atoms with van der Waals surface area (Å²) < 4.78 is 0. The van der Waals surface area contributed by atoms with Gasteiger partial charge in [0.15, 0.2) is 0 Å². The second kappa shape index (κ2) is 8.54. The highest BCUT2D eigenvalue weighted by Crippen LogP contribution is 2.45. The van der Waals surface area contributed by atoms with Gasteiger partial charge in [-0.1, -0.05) is 60.3 Å². The van der Waals surface area contributed by atoms with Crippen molar-refractivity contribution in [3.05, 3.63) is 89.5 Å². The molecule has 0 spiro atoms. The Morgan fingerprint density at radius 2 is 1.72 bits per heavy atom. The molecule has 126 valence electrons. The normalized spacial score (nSPS) is 15.9. The summed E-state index contributed by atoms with van der Waals surface area (Å²) in [5.74, 6) is 0. The van der Waals surface area contributed by atoms with Gasteiger partial charge in [-0.3, -0.25) is 4.99 Å². The first kappa shape index (κ1) is 17.3. The molecule has 0 aromatic heterocycles. The Morgan fingerprint density at radius 1 is 0.960 bits per heavy atom. The number of fused-ring (bicyclic) bond motifs is 1. The van der Waals surface area contributed by atoms with Crippen molar-refractivity contribution in [2.45, 2.75) is 18.7 Å². The standard InChI is InChI=1S/C22H22N2S/c1-3-24-20-14-9-10-15-21(20)25-22(24)16-6-4-5-11-17-23-19-13-8-7-12-18(19)2/h4-17H,3H2,1-2H3/b6-4+,11-5+,22-16-,23-17?. The predicted octanol–water partition coefficient (Wildman–Crippen LogP) is 6.28. The number of allylic oxidation sites excluding steroid dienone is 5. The Bertz CT molecular complexity index is 847. The zero-order valence-corrected chi connectivity index (χ0v) is 15.4. The molecule has 1 aliphatic heterocycles. The zero-order valence-electron chi connectivity index (χ0n) is 14.6. The molecule has 0 unspecified atom stereocenters. The topological polar surface area (TPSA) is 15.6 Å². The van der Waals surface area contributed by atoms with Gasteiger partial charge in [0.25, 0.3) is 0 Å². The van der Waals surface area contributed by atoms with E-state index in [-0.39, 0.29) is 0 Å². The summed E-state index contributed by atoms with van der Waals surface area (Å²) >= 11 is 1.82. The fourth-order valence-electron chi connectivity index (χ4n) is 2.65. The maximum absolute atomic E-state index is 4.46. The molecular formula is C22H22N2S. The van der Waals surface area contributed by atoms with E-state index in [0.29, 0.717) is 0 Å². The van der Waals surface area contributed by atoms with Crippen molar-refractivity contribution in [3.63, 3.8) is 0 Å². The molecule has 3 rings (SSSR count). The van der Waals surface area contributed by atoms with Gasteiger partial charge in [-0.05, 0) is 49.8 Å². The van der Waals surface area contributed by atoms with Crippen molar-refractivity contribution in [2.24, 2.45) is 4.99 Å². The van der Waals surface area contributed by atoms with Crippen LogP contribution in [0.15, 0.2) is 93.8 Å². The molecular weight excluding hydrogens is 324 g/mol. The Labute approximate surface area is 154 Å². The van der Waals surface area contributed by atoms with Crippen LogP contribution in [-0.4, -0.2) is 12.8 Å². The molecule has 25 heavy (non-hydrogen) atoms. The van der Waals surface area contributed by atoms with Gasteiger partial charge < -0.3 is 4.90 Å². The molecule has 0 amide bonds. The van der Waals surface area contributed by atoms with Crippen molar-refractivity contribution in [1.82, 2.24) is 0 Å². The minimum Gasteiger partial charge on any atom is -0.335 e. The van der Waals surface area contributed by atoms with Crippen molar-refractivity contribution in [1.29, 1.82) is 0 Å². The molecule has 0 aliphatic carbocycles. The number of nitrogens with zero attached hydrogens (tertiary/aromatic N) is 2. The maximum Gasteiger partial charge on any atom is 0.0801 e. The van der Waals surface area contributed by atoms with Gasteiger partial charge in [-0.2, -0.15) is 0 Å². The van der Waals surface area contributed by atoms with E-state index in [0.717, 1.165) is 12.2 Å². The van der Waals surface area contributed by atoms with E-state index in [2.05, 4.69) is 66.2 Å². The third kappa shape index (κ3) is 4.31. The molecule has 0 fully saturated rings. The number of anilines is 1. The van der Waals surface area contributed by atoms with E-state index >= 15 is 0 Å². The van der Waals surface area contributed by atoms with Gasteiger partial charge in [0.2, 0.25) is 0 Å². The number of thioether (sulfide) groups is 1. The highest BCUT2D eigenvalue weighted by molar-refractivity contribution is 8.03. The number of rotatable bonds is 5. The van der Waals surface area contributed by atoms with Crippen LogP contribution in [0.2, 0.25) is 0 Å². The summed E-state index contributed by atoms with van der Waals surface area (Å²) in [6.07, 6.45) is 12.1. The minimum atomic E-state index is 0.975. The maximum atomic E-state index is 4.46. The third-order valence-corrected chi connectivity index (χ3v) is 5.07. The SMILES string of the molecule is CCN1/C(=C/C=C/C=C/C=Nc2ccccc2C)Sc2ccccc21. The number of aliphatic imine (C=N–C) groups is 1. The summed E-state index contributed by atoms with van der Waals surface area (Å²) in [5.41, 5.74) is 3.50. The van der Waals surface area contributed by atoms with Gasteiger partial charge in [-0.25, -0.2) is 0 Å². The van der Waals surface area contributed by atoms with E-state index in [1.807, 2.05) is 54.4 Å². The fraction of sp³-hybridized carbons (Fsp3) is 0.136. The molecule has 2 aromatic carbocycles. The van der Waals surface area contributed by atoms with E-state index in [4.69, 9.17) is 0 Å². The van der Waals surface area contributed by atoms with Crippen LogP contribution in [0.5, 0.6) is 0 Å². The molecule has 2 nitrogen and oxygen atoms in total. The summed E-state index contributed by atoms with van der Waals surface area (Å²) in [4.78, 5) is 8.12. The molecule has 1 heterocycles. The Balaban J connectivity index is 1.60. The fourth-order valence-corrected chi connectivity index (χ4v) is 3.79. The highest BCUT2D eigenvalue weighted by Gasteiger charge is 2.22. The smallest absolute Gasteiger partial charge is 0.0801 e. The molecule has 0 N–H and O–H groups in total. The molecule has 3 heteroatoms. The predicted molar refractivity (Wildman–Crippen MR) is 111 cm³/mol. The second-order valence-corrected chi connectivity index (χ2v) is 6.72. The molecule has 2 aromatic rings. The largest absolute Gasteiger partial charge is 0.335 e. The lowest BCUT2D eigenvalue weighted by molar-refractivity contribution is 1.00. The van der Waals surface area contributed by atoms with Crippen LogP contribution < -0.4 is 4.90 Å². The average molecular weight is 346 g/mol. The number of benzene rings is 2. The van der Waals surface area contributed by atoms with Crippen LogP contribution in [0, 0.1) is 6.92 Å². The molecule has 0 bridgehead atoms. The van der Waals surface area contributed by atoms with Gasteiger partial charge in [0.1, 0.15) is 0 Å². The van der Waals surface area contributed by atoms with Crippen molar-refractivity contribution >= 4 is 29.4 Å². The number of aryl methyl sites for hydroxylation is 1. The number of hydrogen-bond donors (Lipinski definition) is 0. The van der Waals surface area contributed by atoms with Crippen LogP contribution >= 0.6 is 11.8 Å². The first-order valence-corrected chi connectivity index (χ1v) is 9.29. The van der Waals surface area contributed by atoms with E-state index in [1.165, 1.54) is 21.2 Å². The molecule has 0 saturated carbocycles. The number of para-hydroxylation sites is 2. The van der Waals surface area contributed by atoms with Gasteiger partial charge in [-0.15, -0.1) is 0 Å². The first-order valence-electron chi connectivity index (χ1n) is 8.47. The summed E-state index contributed by atoms with van der Waals surface area (Å²) in [6, 6.07) is 16.7. The van der Waals surface area contributed by atoms with Crippen LogP contribution in [-0.2, 0) is 0 Å². The van der Waals surface area contributed by atoms with Crippen LogP contribution in [0.1, 0.15) is 12.5 Å². The summed E-state index contributed by atoms with van der Waals surface area (Å²) in [7, 11) is 0. The molecule has 0 saturated heterocycles. The van der Waals surface area contributed by atoms with Crippen LogP contribution in [0.4, 0.5) is 11.4 Å². The lowest BCUT2D eigenvalue weighted by Crippen LogP contribution is -2.16. The average Bonchev–Trinajstić information content (AvgIpc) is 2.99.